The van der Waals surface area contributed by atoms with Gasteiger partial charge in [-0.2, -0.15) is 0 Å². The van der Waals surface area contributed by atoms with Crippen LogP contribution in [-0.4, -0.2) is 25.2 Å². The fourth-order valence-electron chi connectivity index (χ4n) is 1.67. The fourth-order valence-corrected chi connectivity index (χ4v) is 1.67. The second kappa shape index (κ2) is 4.16. The molecule has 16 heavy (non-hydrogen) atoms. The Bertz CT molecular complexity index is 403. The minimum absolute atomic E-state index is 0.0106. The van der Waals surface area contributed by atoms with Gasteiger partial charge in [-0.1, -0.05) is 26.8 Å². The summed E-state index contributed by atoms with van der Waals surface area (Å²) in [6.45, 7) is 6.36. The summed E-state index contributed by atoms with van der Waals surface area (Å²) in [6.07, 6.45) is 0. The van der Waals surface area contributed by atoms with Crippen molar-refractivity contribution in [1.29, 1.82) is 0 Å². The van der Waals surface area contributed by atoms with Gasteiger partial charge in [-0.25, -0.2) is 4.79 Å². The molecule has 3 heteroatoms. The fraction of sp³-hybridized carbons (Fsp3) is 0.462. The lowest BCUT2D eigenvalue weighted by atomic mass is 9.85. The minimum Gasteiger partial charge on any atom is -0.478 e. The first-order valence-corrected chi connectivity index (χ1v) is 5.28. The predicted molar refractivity (Wildman–Crippen MR) is 66.4 cm³/mol. The van der Waals surface area contributed by atoms with E-state index < -0.39 is 5.97 Å². The zero-order chi connectivity index (χ0) is 12.5. The summed E-state index contributed by atoms with van der Waals surface area (Å²) < 4.78 is 0. The van der Waals surface area contributed by atoms with Gasteiger partial charge in [-0.3, -0.25) is 0 Å². The molecule has 88 valence electrons. The number of carboxylic acid groups (broad SMARTS) is 1. The van der Waals surface area contributed by atoms with E-state index >= 15 is 0 Å². The van der Waals surface area contributed by atoms with Crippen LogP contribution in [0.1, 0.15) is 36.7 Å². The van der Waals surface area contributed by atoms with E-state index in [9.17, 15) is 4.79 Å². The van der Waals surface area contributed by atoms with Crippen molar-refractivity contribution in [1.82, 2.24) is 0 Å². The minimum atomic E-state index is -0.886. The number of rotatable bonds is 2. The van der Waals surface area contributed by atoms with E-state index in [1.807, 2.05) is 25.1 Å². The molecule has 0 unspecified atom stereocenters. The lowest BCUT2D eigenvalue weighted by Gasteiger charge is -2.26. The molecule has 0 fully saturated rings. The van der Waals surface area contributed by atoms with Crippen molar-refractivity contribution in [3.8, 4) is 0 Å². The maximum atomic E-state index is 10.9. The van der Waals surface area contributed by atoms with Gasteiger partial charge in [0.2, 0.25) is 0 Å². The van der Waals surface area contributed by atoms with Gasteiger partial charge in [0.15, 0.2) is 0 Å². The number of nitrogens with zero attached hydrogens (tertiary/aromatic N) is 1. The van der Waals surface area contributed by atoms with Crippen LogP contribution < -0.4 is 4.90 Å². The van der Waals surface area contributed by atoms with Crippen LogP contribution in [0.4, 0.5) is 5.69 Å². The van der Waals surface area contributed by atoms with Crippen LogP contribution in [-0.2, 0) is 5.41 Å². The molecule has 0 aliphatic rings. The van der Waals surface area contributed by atoms with Gasteiger partial charge in [-0.05, 0) is 23.1 Å². The third-order valence-corrected chi connectivity index (χ3v) is 2.53. The van der Waals surface area contributed by atoms with Crippen LogP contribution in [0.3, 0.4) is 0 Å². The largest absolute Gasteiger partial charge is 0.478 e. The van der Waals surface area contributed by atoms with E-state index in [2.05, 4.69) is 20.8 Å². The Morgan fingerprint density at radius 2 is 1.81 bits per heavy atom. The third-order valence-electron chi connectivity index (χ3n) is 2.53. The average Bonchev–Trinajstić information content (AvgIpc) is 2.15. The maximum absolute atomic E-state index is 10.9. The van der Waals surface area contributed by atoms with Gasteiger partial charge < -0.3 is 10.0 Å². The second-order valence-electron chi connectivity index (χ2n) is 5.18. The lowest BCUT2D eigenvalue weighted by molar-refractivity contribution is 0.0697. The zero-order valence-corrected chi connectivity index (χ0v) is 10.5. The molecule has 0 saturated carbocycles. The molecule has 0 saturated heterocycles. The molecule has 0 atom stereocenters. The van der Waals surface area contributed by atoms with Crippen LogP contribution in [0.25, 0.3) is 0 Å². The predicted octanol–water partition coefficient (Wildman–Crippen LogP) is 2.75. The first-order chi connectivity index (χ1) is 7.23. The molecule has 3 nitrogen and oxygen atoms in total. The lowest BCUT2D eigenvalue weighted by Crippen LogP contribution is -2.19. The van der Waals surface area contributed by atoms with Crippen molar-refractivity contribution < 1.29 is 9.90 Å². The second-order valence-corrected chi connectivity index (χ2v) is 5.18. The number of anilines is 1. The van der Waals surface area contributed by atoms with Gasteiger partial charge in [0, 0.05) is 19.8 Å². The van der Waals surface area contributed by atoms with Crippen LogP contribution >= 0.6 is 0 Å². The average molecular weight is 221 g/mol. The standard InChI is InChI=1S/C13H19NO2/c1-13(2,3)10-7-6-9(12(15)16)8-11(10)14(4)5/h6-8H,1-5H3,(H,15,16). The number of benzene rings is 1. The Kier molecular flexibility index (Phi) is 3.27. The van der Waals surface area contributed by atoms with Gasteiger partial charge in [0.1, 0.15) is 0 Å². The van der Waals surface area contributed by atoms with E-state index in [4.69, 9.17) is 5.11 Å². The summed E-state index contributed by atoms with van der Waals surface area (Å²) in [5.41, 5.74) is 2.46. The van der Waals surface area contributed by atoms with Gasteiger partial charge >= 0.3 is 5.97 Å². The van der Waals surface area contributed by atoms with Crippen molar-refractivity contribution in [2.75, 3.05) is 19.0 Å². The normalized spacial score (nSPS) is 11.3. The number of hydrogen-bond donors (Lipinski definition) is 1. The Labute approximate surface area is 96.7 Å². The Balaban J connectivity index is 3.37. The van der Waals surface area contributed by atoms with E-state index in [1.54, 1.807) is 12.1 Å². The summed E-state index contributed by atoms with van der Waals surface area (Å²) in [7, 11) is 3.85. The molecule has 0 bridgehead atoms. The quantitative estimate of drug-likeness (QED) is 0.834. The van der Waals surface area contributed by atoms with Crippen LogP contribution in [0.15, 0.2) is 18.2 Å². The van der Waals surface area contributed by atoms with Crippen LogP contribution in [0.2, 0.25) is 0 Å². The van der Waals surface area contributed by atoms with Gasteiger partial charge in [-0.15, -0.1) is 0 Å². The highest BCUT2D eigenvalue weighted by atomic mass is 16.4. The molecule has 0 heterocycles. The molecular weight excluding hydrogens is 202 g/mol. The number of hydrogen-bond acceptors (Lipinski definition) is 2. The molecule has 1 rings (SSSR count). The first-order valence-electron chi connectivity index (χ1n) is 5.28. The molecule has 0 amide bonds. The first kappa shape index (κ1) is 12.6. The van der Waals surface area contributed by atoms with Crippen molar-refractivity contribution in [2.45, 2.75) is 26.2 Å². The summed E-state index contributed by atoms with van der Waals surface area (Å²) in [5.74, 6) is -0.886. The van der Waals surface area contributed by atoms with Crippen molar-refractivity contribution >= 4 is 11.7 Å². The molecule has 1 N–H and O–H groups in total. The smallest absolute Gasteiger partial charge is 0.335 e. The topological polar surface area (TPSA) is 40.5 Å². The highest BCUT2D eigenvalue weighted by Gasteiger charge is 2.20. The summed E-state index contributed by atoms with van der Waals surface area (Å²) >= 11 is 0. The molecule has 0 aromatic heterocycles. The number of aromatic carboxylic acids is 1. The molecule has 0 aliphatic carbocycles. The molecular formula is C13H19NO2. The van der Waals surface area contributed by atoms with Crippen molar-refractivity contribution in [3.05, 3.63) is 29.3 Å². The highest BCUT2D eigenvalue weighted by molar-refractivity contribution is 5.89. The van der Waals surface area contributed by atoms with E-state index in [-0.39, 0.29) is 5.41 Å². The maximum Gasteiger partial charge on any atom is 0.335 e. The Hall–Kier alpha value is -1.51. The van der Waals surface area contributed by atoms with Gasteiger partial charge in [0.25, 0.3) is 0 Å². The zero-order valence-electron chi connectivity index (χ0n) is 10.5. The number of carbonyl (C=O) groups is 1. The van der Waals surface area contributed by atoms with Crippen molar-refractivity contribution in [2.24, 2.45) is 0 Å². The summed E-state index contributed by atoms with van der Waals surface area (Å²) in [4.78, 5) is 12.9. The van der Waals surface area contributed by atoms with Gasteiger partial charge in [0.05, 0.1) is 5.56 Å². The third kappa shape index (κ3) is 2.54. The molecule has 0 aliphatic heterocycles. The van der Waals surface area contributed by atoms with Crippen molar-refractivity contribution in [3.63, 3.8) is 0 Å². The summed E-state index contributed by atoms with van der Waals surface area (Å²) in [5, 5.41) is 8.97. The molecule has 0 spiro atoms. The van der Waals surface area contributed by atoms with E-state index in [0.717, 1.165) is 11.3 Å². The van der Waals surface area contributed by atoms with Crippen LogP contribution in [0.5, 0.6) is 0 Å². The molecule has 1 aromatic carbocycles. The monoisotopic (exact) mass is 221 g/mol. The summed E-state index contributed by atoms with van der Waals surface area (Å²) in [6, 6.07) is 5.29. The Morgan fingerprint density at radius 3 is 2.19 bits per heavy atom. The molecule has 0 radical (unpaired) electrons. The van der Waals surface area contributed by atoms with E-state index in [1.165, 1.54) is 0 Å². The number of carboxylic acids is 1. The van der Waals surface area contributed by atoms with E-state index in [0.29, 0.717) is 5.56 Å². The molecule has 1 aromatic rings. The Morgan fingerprint density at radius 1 is 1.25 bits per heavy atom. The highest BCUT2D eigenvalue weighted by Crippen LogP contribution is 2.31. The van der Waals surface area contributed by atoms with Crippen LogP contribution in [0, 0.1) is 0 Å². The SMILES string of the molecule is CN(C)c1cc(C(=O)O)ccc1C(C)(C)C.